The highest BCUT2D eigenvalue weighted by Crippen LogP contribution is 2.27. The number of benzene rings is 2. The minimum atomic E-state index is -0.703. The van der Waals surface area contributed by atoms with Gasteiger partial charge in [-0.25, -0.2) is 14.5 Å². The number of ether oxygens (including phenoxy) is 3. The van der Waals surface area contributed by atoms with Crippen molar-refractivity contribution in [2.75, 3.05) is 31.8 Å². The largest absolute Gasteiger partial charge is 0.492 e. The molecule has 4 N–H and O–H groups in total. The molecule has 1 aliphatic rings. The highest BCUT2D eigenvalue weighted by Gasteiger charge is 2.32. The lowest BCUT2D eigenvalue weighted by molar-refractivity contribution is -0.262. The van der Waals surface area contributed by atoms with Gasteiger partial charge < -0.3 is 25.0 Å². The third kappa shape index (κ3) is 8.42. The number of urea groups is 2. The van der Waals surface area contributed by atoms with Gasteiger partial charge in [-0.2, -0.15) is 0 Å². The number of hydrogen-bond acceptors (Lipinski definition) is 7. The van der Waals surface area contributed by atoms with Crippen molar-refractivity contribution in [2.45, 2.75) is 33.1 Å². The highest BCUT2D eigenvalue weighted by atomic mass is 35.5. The first kappa shape index (κ1) is 27.8. The molecule has 10 nitrogen and oxygen atoms in total. The van der Waals surface area contributed by atoms with E-state index in [0.717, 1.165) is 10.5 Å². The smallest absolute Gasteiger partial charge is 0.341 e. The molecule has 0 atom stereocenters. The topological polar surface area (TPSA) is 113 Å². The molecule has 0 unspecified atom stereocenters. The van der Waals surface area contributed by atoms with Gasteiger partial charge in [0.25, 0.3) is 0 Å². The molecule has 12 heteroatoms. The summed E-state index contributed by atoms with van der Waals surface area (Å²) in [5, 5.41) is 3.77. The normalized spacial score (nSPS) is 15.1. The van der Waals surface area contributed by atoms with E-state index in [2.05, 4.69) is 21.7 Å². The first-order valence-corrected chi connectivity index (χ1v) is 12.2. The average Bonchev–Trinajstić information content (AvgIpc) is 2.84. The molecule has 2 aromatic rings. The third-order valence-corrected chi connectivity index (χ3v) is 5.78. The Morgan fingerprint density at radius 3 is 2.42 bits per heavy atom. The number of halogens is 2. The Kier molecular flexibility index (Phi) is 10.0. The second-order valence-electron chi connectivity index (χ2n) is 8.54. The Morgan fingerprint density at radius 2 is 1.78 bits per heavy atom. The first-order valence-electron chi connectivity index (χ1n) is 11.5. The van der Waals surface area contributed by atoms with E-state index >= 15 is 0 Å². The molecule has 2 aromatic carbocycles. The van der Waals surface area contributed by atoms with Crippen molar-refractivity contribution in [1.29, 1.82) is 0 Å². The van der Waals surface area contributed by atoms with E-state index in [1.807, 2.05) is 20.8 Å². The second-order valence-corrected chi connectivity index (χ2v) is 9.39. The third-order valence-electron chi connectivity index (χ3n) is 5.23. The molecule has 0 spiro atoms. The lowest BCUT2D eigenvalue weighted by Crippen LogP contribution is -2.56. The van der Waals surface area contributed by atoms with E-state index in [1.165, 1.54) is 0 Å². The van der Waals surface area contributed by atoms with E-state index in [-0.39, 0.29) is 19.0 Å². The van der Waals surface area contributed by atoms with Gasteiger partial charge in [0, 0.05) is 24.0 Å². The van der Waals surface area contributed by atoms with Crippen LogP contribution in [0.3, 0.4) is 0 Å². The lowest BCUT2D eigenvalue weighted by atomic mass is 10.1. The van der Waals surface area contributed by atoms with Gasteiger partial charge in [-0.05, 0) is 56.7 Å². The van der Waals surface area contributed by atoms with Gasteiger partial charge >= 0.3 is 12.1 Å². The van der Waals surface area contributed by atoms with Crippen molar-refractivity contribution in [2.24, 2.45) is 5.92 Å². The standard InChI is InChI=1S/C24H31Cl2N5O5/c1-4-34-21-10-9-19(11-20(21)26)28-30-29-23(33)31(13-17-14-35-24(2,3)36-15-17)22(32)27-12-16-5-7-18(25)8-6-16/h5-11,17,28,30H,4,12-15H2,1-3H3,(H,27,32)(H,29,33). The minimum Gasteiger partial charge on any atom is -0.492 e. The van der Waals surface area contributed by atoms with Crippen LogP contribution in [-0.2, 0) is 16.0 Å². The van der Waals surface area contributed by atoms with Crippen LogP contribution >= 0.6 is 23.2 Å². The fraction of sp³-hybridized carbons (Fsp3) is 0.417. The van der Waals surface area contributed by atoms with Gasteiger partial charge in [0.05, 0.1) is 30.5 Å². The molecule has 0 aliphatic carbocycles. The molecule has 4 amide bonds. The van der Waals surface area contributed by atoms with Gasteiger partial charge in [-0.1, -0.05) is 35.3 Å². The number of carbonyl (C=O) groups excluding carboxylic acids is 2. The van der Waals surface area contributed by atoms with Crippen molar-refractivity contribution in [3.8, 4) is 5.75 Å². The second kappa shape index (κ2) is 13.0. The van der Waals surface area contributed by atoms with Crippen molar-refractivity contribution in [1.82, 2.24) is 21.2 Å². The molecule has 1 aliphatic heterocycles. The maximum atomic E-state index is 13.0. The minimum absolute atomic E-state index is 0.0882. The Bertz CT molecular complexity index is 1030. The summed E-state index contributed by atoms with van der Waals surface area (Å²) in [5.41, 5.74) is 9.31. The average molecular weight is 540 g/mol. The van der Waals surface area contributed by atoms with Crippen molar-refractivity contribution < 1.29 is 23.8 Å². The predicted octanol–water partition coefficient (Wildman–Crippen LogP) is 4.54. The predicted molar refractivity (Wildman–Crippen MR) is 138 cm³/mol. The number of nitrogens with one attached hydrogen (secondary N) is 4. The van der Waals surface area contributed by atoms with E-state index < -0.39 is 17.8 Å². The van der Waals surface area contributed by atoms with E-state index in [4.69, 9.17) is 37.4 Å². The summed E-state index contributed by atoms with van der Waals surface area (Å²) in [6.45, 7) is 6.99. The number of imide groups is 1. The van der Waals surface area contributed by atoms with Crippen LogP contribution in [0.5, 0.6) is 5.75 Å². The van der Waals surface area contributed by atoms with Gasteiger partial charge in [0.1, 0.15) is 5.75 Å². The Balaban J connectivity index is 1.59. The number of amides is 4. The van der Waals surface area contributed by atoms with Crippen LogP contribution in [0, 0.1) is 5.92 Å². The zero-order chi connectivity index (χ0) is 26.1. The lowest BCUT2D eigenvalue weighted by Gasteiger charge is -2.36. The van der Waals surface area contributed by atoms with Gasteiger partial charge in [-0.3, -0.25) is 5.43 Å². The zero-order valence-corrected chi connectivity index (χ0v) is 21.9. The first-order chi connectivity index (χ1) is 17.2. The molecule has 1 fully saturated rings. The SMILES string of the molecule is CCOc1ccc(NNNC(=O)N(CC2COC(C)(C)OC2)C(=O)NCc2ccc(Cl)cc2)cc1Cl. The van der Waals surface area contributed by atoms with Gasteiger partial charge in [0.2, 0.25) is 0 Å². The molecule has 1 saturated heterocycles. The number of carbonyl (C=O) groups is 2. The van der Waals surface area contributed by atoms with Gasteiger partial charge in [0.15, 0.2) is 5.79 Å². The molecule has 1 heterocycles. The van der Waals surface area contributed by atoms with Crippen molar-refractivity contribution in [3.05, 3.63) is 58.1 Å². The molecule has 36 heavy (non-hydrogen) atoms. The summed E-state index contributed by atoms with van der Waals surface area (Å²) in [7, 11) is 0. The molecular weight excluding hydrogens is 509 g/mol. The Morgan fingerprint density at radius 1 is 1.08 bits per heavy atom. The Hall–Kier alpha value is -2.76. The zero-order valence-electron chi connectivity index (χ0n) is 20.4. The monoisotopic (exact) mass is 539 g/mol. The Labute approximate surface area is 220 Å². The maximum Gasteiger partial charge on any atom is 0.341 e. The summed E-state index contributed by atoms with van der Waals surface area (Å²) in [6, 6.07) is 10.9. The van der Waals surface area contributed by atoms with Crippen LogP contribution in [0.1, 0.15) is 26.3 Å². The maximum absolute atomic E-state index is 13.0. The van der Waals surface area contributed by atoms with Crippen LogP contribution in [-0.4, -0.2) is 49.1 Å². The molecule has 0 aromatic heterocycles. The van der Waals surface area contributed by atoms with Gasteiger partial charge in [-0.15, -0.1) is 5.53 Å². The fourth-order valence-corrected chi connectivity index (χ4v) is 3.66. The molecule has 3 rings (SSSR count). The molecular formula is C24H31Cl2N5O5. The van der Waals surface area contributed by atoms with E-state index in [0.29, 0.717) is 41.3 Å². The van der Waals surface area contributed by atoms with Crippen molar-refractivity contribution in [3.63, 3.8) is 0 Å². The summed E-state index contributed by atoms with van der Waals surface area (Å²) < 4.78 is 16.8. The van der Waals surface area contributed by atoms with Crippen LogP contribution in [0.15, 0.2) is 42.5 Å². The quantitative estimate of drug-likeness (QED) is 0.346. The van der Waals surface area contributed by atoms with Crippen LogP contribution in [0.25, 0.3) is 0 Å². The number of rotatable bonds is 9. The van der Waals surface area contributed by atoms with E-state index in [1.54, 1.807) is 42.5 Å². The van der Waals surface area contributed by atoms with E-state index in [9.17, 15) is 9.59 Å². The number of nitrogens with zero attached hydrogens (tertiary/aromatic N) is 1. The fourth-order valence-electron chi connectivity index (χ4n) is 3.30. The van der Waals surface area contributed by atoms with Crippen LogP contribution < -0.4 is 26.4 Å². The molecule has 0 bridgehead atoms. The van der Waals surface area contributed by atoms with Crippen LogP contribution in [0.4, 0.5) is 15.3 Å². The number of hydrazine groups is 2. The molecule has 0 saturated carbocycles. The summed E-state index contributed by atoms with van der Waals surface area (Å²) >= 11 is 12.1. The summed E-state index contributed by atoms with van der Waals surface area (Å²) in [4.78, 5) is 27.0. The summed E-state index contributed by atoms with van der Waals surface area (Å²) in [5.74, 6) is -0.342. The van der Waals surface area contributed by atoms with Crippen molar-refractivity contribution >= 4 is 41.0 Å². The summed E-state index contributed by atoms with van der Waals surface area (Å²) in [6.07, 6.45) is 0. The molecule has 0 radical (unpaired) electrons. The number of hydrogen-bond donors (Lipinski definition) is 4. The molecule has 196 valence electrons. The number of anilines is 1. The highest BCUT2D eigenvalue weighted by molar-refractivity contribution is 6.32. The van der Waals surface area contributed by atoms with Crippen LogP contribution in [0.2, 0.25) is 10.0 Å².